The van der Waals surface area contributed by atoms with E-state index in [4.69, 9.17) is 4.74 Å². The van der Waals surface area contributed by atoms with Crippen molar-refractivity contribution < 1.29 is 14.6 Å². The number of hydrogen-bond donors (Lipinski definition) is 2. The summed E-state index contributed by atoms with van der Waals surface area (Å²) in [5.74, 6) is -0.291. The van der Waals surface area contributed by atoms with Crippen LogP contribution in [0.15, 0.2) is 78.9 Å². The molecule has 29 heavy (non-hydrogen) atoms. The van der Waals surface area contributed by atoms with E-state index < -0.39 is 5.97 Å². The molecule has 0 aliphatic heterocycles. The van der Waals surface area contributed by atoms with Crippen molar-refractivity contribution in [3.63, 3.8) is 0 Å². The number of aromatic nitrogens is 1. The van der Waals surface area contributed by atoms with Gasteiger partial charge < -0.3 is 15.2 Å². The van der Waals surface area contributed by atoms with E-state index in [1.807, 2.05) is 79.7 Å². The summed E-state index contributed by atoms with van der Waals surface area (Å²) in [5, 5.41) is 13.6. The molecule has 0 unspecified atom stereocenters. The number of anilines is 2. The number of benzene rings is 3. The number of ether oxygens (including phenoxy) is 1. The lowest BCUT2D eigenvalue weighted by atomic mass is 10.1. The average molecular weight is 384 g/mol. The van der Waals surface area contributed by atoms with E-state index in [0.29, 0.717) is 17.8 Å². The van der Waals surface area contributed by atoms with Crippen LogP contribution in [0.5, 0.6) is 5.75 Å². The first-order chi connectivity index (χ1) is 14.1. The molecule has 0 saturated heterocycles. The second-order valence-corrected chi connectivity index (χ2v) is 6.80. The predicted octanol–water partition coefficient (Wildman–Crippen LogP) is 5.56. The fourth-order valence-corrected chi connectivity index (χ4v) is 3.08. The zero-order valence-electron chi connectivity index (χ0n) is 15.9. The summed E-state index contributed by atoms with van der Waals surface area (Å²) in [7, 11) is 0. The number of pyridine rings is 1. The molecule has 4 rings (SSSR count). The van der Waals surface area contributed by atoms with Crippen molar-refractivity contribution in [3.8, 4) is 5.75 Å². The van der Waals surface area contributed by atoms with Crippen LogP contribution in [-0.4, -0.2) is 16.1 Å². The van der Waals surface area contributed by atoms with Crippen LogP contribution in [0.1, 0.15) is 21.6 Å². The summed E-state index contributed by atoms with van der Waals surface area (Å²) in [4.78, 5) is 15.7. The Hall–Kier alpha value is -3.86. The molecule has 0 spiro atoms. The number of carboxylic acid groups (broad SMARTS) is 1. The Morgan fingerprint density at radius 2 is 1.76 bits per heavy atom. The summed E-state index contributed by atoms with van der Waals surface area (Å²) >= 11 is 0. The molecule has 5 heteroatoms. The number of carbonyl (C=O) groups is 1. The van der Waals surface area contributed by atoms with Gasteiger partial charge in [-0.15, -0.1) is 0 Å². The Morgan fingerprint density at radius 3 is 2.48 bits per heavy atom. The second-order valence-electron chi connectivity index (χ2n) is 6.80. The SMILES string of the molecule is Cc1ccc2nc(C(=O)O)cc(Nc3ccc(OCc4ccccc4)cc3)c2c1. The summed E-state index contributed by atoms with van der Waals surface area (Å²) in [6, 6.07) is 24.9. The van der Waals surface area contributed by atoms with Crippen molar-refractivity contribution in [2.45, 2.75) is 13.5 Å². The third-order valence-electron chi connectivity index (χ3n) is 4.56. The van der Waals surface area contributed by atoms with Crippen LogP contribution >= 0.6 is 0 Å². The van der Waals surface area contributed by atoms with Gasteiger partial charge in [-0.1, -0.05) is 42.0 Å². The quantitative estimate of drug-likeness (QED) is 0.455. The smallest absolute Gasteiger partial charge is 0.354 e. The molecule has 0 amide bonds. The fourth-order valence-electron chi connectivity index (χ4n) is 3.08. The lowest BCUT2D eigenvalue weighted by Gasteiger charge is -2.12. The van der Waals surface area contributed by atoms with E-state index in [-0.39, 0.29) is 5.69 Å². The van der Waals surface area contributed by atoms with Crippen molar-refractivity contribution in [1.29, 1.82) is 0 Å². The van der Waals surface area contributed by atoms with Crippen LogP contribution in [0.2, 0.25) is 0 Å². The molecular weight excluding hydrogens is 364 g/mol. The number of hydrogen-bond acceptors (Lipinski definition) is 4. The molecule has 3 aromatic carbocycles. The van der Waals surface area contributed by atoms with Crippen LogP contribution < -0.4 is 10.1 Å². The van der Waals surface area contributed by atoms with Gasteiger partial charge in [0.1, 0.15) is 12.4 Å². The summed E-state index contributed by atoms with van der Waals surface area (Å²) in [6.07, 6.45) is 0. The van der Waals surface area contributed by atoms with Gasteiger partial charge in [0, 0.05) is 11.1 Å². The minimum absolute atomic E-state index is 0.00617. The standard InChI is InChI=1S/C24H20N2O3/c1-16-7-12-21-20(13-16)22(14-23(26-21)24(27)28)25-18-8-10-19(11-9-18)29-15-17-5-3-2-4-6-17/h2-14H,15H2,1H3,(H,25,26)(H,27,28). The Labute approximate surface area is 168 Å². The normalized spacial score (nSPS) is 10.7. The van der Waals surface area contributed by atoms with Gasteiger partial charge in [0.2, 0.25) is 0 Å². The largest absolute Gasteiger partial charge is 0.489 e. The van der Waals surface area contributed by atoms with E-state index in [1.165, 1.54) is 0 Å². The second kappa shape index (κ2) is 8.02. The molecule has 5 nitrogen and oxygen atoms in total. The number of nitrogens with zero attached hydrogens (tertiary/aromatic N) is 1. The van der Waals surface area contributed by atoms with Gasteiger partial charge in [-0.3, -0.25) is 0 Å². The predicted molar refractivity (Wildman–Crippen MR) is 114 cm³/mol. The number of aromatic carboxylic acids is 1. The Kier molecular flexibility index (Phi) is 5.12. The minimum Gasteiger partial charge on any atom is -0.489 e. The first-order valence-electron chi connectivity index (χ1n) is 9.27. The van der Waals surface area contributed by atoms with Gasteiger partial charge in [-0.2, -0.15) is 0 Å². The molecular formula is C24H20N2O3. The molecule has 0 aliphatic carbocycles. The lowest BCUT2D eigenvalue weighted by Crippen LogP contribution is -2.03. The molecule has 0 radical (unpaired) electrons. The first kappa shape index (κ1) is 18.5. The van der Waals surface area contributed by atoms with Gasteiger partial charge in [0.25, 0.3) is 0 Å². The van der Waals surface area contributed by atoms with E-state index in [2.05, 4.69) is 10.3 Å². The number of aryl methyl sites for hydroxylation is 1. The molecule has 0 bridgehead atoms. The van der Waals surface area contributed by atoms with Gasteiger partial charge in [-0.25, -0.2) is 9.78 Å². The van der Waals surface area contributed by atoms with Gasteiger partial charge in [-0.05, 0) is 55.0 Å². The first-order valence-corrected chi connectivity index (χ1v) is 9.27. The molecule has 0 fully saturated rings. The maximum absolute atomic E-state index is 11.4. The number of carboxylic acids is 1. The van der Waals surface area contributed by atoms with Crippen molar-refractivity contribution >= 4 is 28.2 Å². The molecule has 0 aliphatic rings. The average Bonchev–Trinajstić information content (AvgIpc) is 2.74. The zero-order valence-corrected chi connectivity index (χ0v) is 15.9. The zero-order chi connectivity index (χ0) is 20.2. The monoisotopic (exact) mass is 384 g/mol. The molecule has 2 N–H and O–H groups in total. The number of rotatable bonds is 6. The summed E-state index contributed by atoms with van der Waals surface area (Å²) in [5.41, 5.74) is 4.37. The van der Waals surface area contributed by atoms with Gasteiger partial charge in [0.15, 0.2) is 5.69 Å². The third kappa shape index (κ3) is 4.35. The van der Waals surface area contributed by atoms with Crippen molar-refractivity contribution in [1.82, 2.24) is 4.98 Å². The highest BCUT2D eigenvalue weighted by atomic mass is 16.5. The highest BCUT2D eigenvalue weighted by Crippen LogP contribution is 2.28. The Morgan fingerprint density at radius 1 is 1.00 bits per heavy atom. The molecule has 4 aromatic rings. The molecule has 1 aromatic heterocycles. The number of nitrogens with one attached hydrogen (secondary N) is 1. The van der Waals surface area contributed by atoms with E-state index in [9.17, 15) is 9.90 Å². The van der Waals surface area contributed by atoms with E-state index in [0.717, 1.165) is 28.0 Å². The maximum Gasteiger partial charge on any atom is 0.354 e. The highest BCUT2D eigenvalue weighted by Gasteiger charge is 2.11. The van der Waals surface area contributed by atoms with Crippen molar-refractivity contribution in [3.05, 3.63) is 95.7 Å². The summed E-state index contributed by atoms with van der Waals surface area (Å²) in [6.45, 7) is 2.50. The maximum atomic E-state index is 11.4. The molecule has 0 atom stereocenters. The van der Waals surface area contributed by atoms with Crippen LogP contribution in [0, 0.1) is 6.92 Å². The molecule has 0 saturated carbocycles. The van der Waals surface area contributed by atoms with E-state index >= 15 is 0 Å². The van der Waals surface area contributed by atoms with Crippen molar-refractivity contribution in [2.24, 2.45) is 0 Å². The number of fused-ring (bicyclic) bond motifs is 1. The lowest BCUT2D eigenvalue weighted by molar-refractivity contribution is 0.0691. The third-order valence-corrected chi connectivity index (χ3v) is 4.56. The van der Waals surface area contributed by atoms with Crippen LogP contribution in [0.25, 0.3) is 10.9 Å². The topological polar surface area (TPSA) is 71.5 Å². The van der Waals surface area contributed by atoms with Crippen LogP contribution in [0.3, 0.4) is 0 Å². The highest BCUT2D eigenvalue weighted by molar-refractivity contribution is 5.98. The van der Waals surface area contributed by atoms with Crippen LogP contribution in [-0.2, 0) is 6.61 Å². The fraction of sp³-hybridized carbons (Fsp3) is 0.0833. The van der Waals surface area contributed by atoms with Gasteiger partial charge in [0.05, 0.1) is 11.2 Å². The van der Waals surface area contributed by atoms with Gasteiger partial charge >= 0.3 is 5.97 Å². The van der Waals surface area contributed by atoms with Crippen molar-refractivity contribution in [2.75, 3.05) is 5.32 Å². The van der Waals surface area contributed by atoms with E-state index in [1.54, 1.807) is 6.07 Å². The summed E-state index contributed by atoms with van der Waals surface area (Å²) < 4.78 is 5.82. The van der Waals surface area contributed by atoms with Crippen LogP contribution in [0.4, 0.5) is 11.4 Å². The molecule has 144 valence electrons. The Balaban J connectivity index is 1.56. The Bertz CT molecular complexity index is 1160. The minimum atomic E-state index is -1.06. The molecule has 1 heterocycles.